The van der Waals surface area contributed by atoms with Crippen LogP contribution < -0.4 is 10.9 Å². The molecule has 0 bridgehead atoms. The molecule has 0 unspecified atom stereocenters. The standard InChI is InChI=1S/C23H19N3O2/c1-16-19(22(27)25-18-10-6-3-7-11-18)14-20-21(24-16)12-13-26(23(20)28)15-17-8-4-2-5-9-17/h2-14H,15H2,1H3,(H,25,27). The average Bonchev–Trinajstić information content (AvgIpc) is 2.71. The van der Waals surface area contributed by atoms with Crippen LogP contribution in [0.2, 0.25) is 0 Å². The fraction of sp³-hybridized carbons (Fsp3) is 0.0870. The van der Waals surface area contributed by atoms with E-state index >= 15 is 0 Å². The van der Waals surface area contributed by atoms with E-state index in [2.05, 4.69) is 10.3 Å². The molecule has 0 saturated heterocycles. The first-order valence-electron chi connectivity index (χ1n) is 9.03. The molecule has 4 rings (SSSR count). The fourth-order valence-electron chi connectivity index (χ4n) is 3.16. The summed E-state index contributed by atoms with van der Waals surface area (Å²) in [5.41, 5.74) is 3.13. The number of benzene rings is 2. The van der Waals surface area contributed by atoms with Crippen LogP contribution in [0.4, 0.5) is 5.69 Å². The van der Waals surface area contributed by atoms with Crippen LogP contribution in [0.5, 0.6) is 0 Å². The number of nitrogens with zero attached hydrogens (tertiary/aromatic N) is 2. The number of anilines is 1. The Bertz CT molecular complexity index is 1200. The molecule has 138 valence electrons. The zero-order chi connectivity index (χ0) is 19.5. The Hall–Kier alpha value is -3.73. The summed E-state index contributed by atoms with van der Waals surface area (Å²) in [5, 5.41) is 3.28. The smallest absolute Gasteiger partial charge is 0.260 e. The zero-order valence-corrected chi connectivity index (χ0v) is 15.4. The molecule has 2 aromatic carbocycles. The van der Waals surface area contributed by atoms with Gasteiger partial charge in [-0.15, -0.1) is 0 Å². The third-order valence-electron chi connectivity index (χ3n) is 4.62. The number of hydrogen-bond acceptors (Lipinski definition) is 3. The van der Waals surface area contributed by atoms with E-state index in [4.69, 9.17) is 0 Å². The Morgan fingerprint density at radius 1 is 1.00 bits per heavy atom. The summed E-state index contributed by atoms with van der Waals surface area (Å²) in [6, 6.07) is 22.4. The number of pyridine rings is 2. The van der Waals surface area contributed by atoms with Crippen molar-refractivity contribution in [2.24, 2.45) is 0 Å². The molecule has 28 heavy (non-hydrogen) atoms. The molecular formula is C23H19N3O2. The topological polar surface area (TPSA) is 64.0 Å². The van der Waals surface area contributed by atoms with Gasteiger partial charge in [0, 0.05) is 11.9 Å². The van der Waals surface area contributed by atoms with Crippen LogP contribution in [0.25, 0.3) is 10.9 Å². The van der Waals surface area contributed by atoms with E-state index in [1.54, 1.807) is 23.8 Å². The number of rotatable bonds is 4. The number of hydrogen-bond donors (Lipinski definition) is 1. The fourth-order valence-corrected chi connectivity index (χ4v) is 3.16. The van der Waals surface area contributed by atoms with Gasteiger partial charge in [0.25, 0.3) is 11.5 Å². The molecule has 0 fully saturated rings. The van der Waals surface area contributed by atoms with Gasteiger partial charge in [0.05, 0.1) is 28.7 Å². The van der Waals surface area contributed by atoms with E-state index in [1.807, 2.05) is 66.7 Å². The zero-order valence-electron chi connectivity index (χ0n) is 15.4. The van der Waals surface area contributed by atoms with E-state index in [0.717, 1.165) is 5.56 Å². The van der Waals surface area contributed by atoms with Crippen LogP contribution in [0.3, 0.4) is 0 Å². The lowest BCUT2D eigenvalue weighted by molar-refractivity contribution is 0.102. The third kappa shape index (κ3) is 3.55. The summed E-state index contributed by atoms with van der Waals surface area (Å²) in [6.45, 7) is 2.24. The molecule has 0 saturated carbocycles. The largest absolute Gasteiger partial charge is 0.322 e. The summed E-state index contributed by atoms with van der Waals surface area (Å²) in [4.78, 5) is 30.1. The maximum atomic E-state index is 13.0. The van der Waals surface area contributed by atoms with Gasteiger partial charge in [-0.2, -0.15) is 0 Å². The number of fused-ring (bicyclic) bond motifs is 1. The van der Waals surface area contributed by atoms with E-state index < -0.39 is 0 Å². The first-order valence-corrected chi connectivity index (χ1v) is 9.03. The maximum Gasteiger partial charge on any atom is 0.260 e. The van der Waals surface area contributed by atoms with Crippen LogP contribution in [-0.2, 0) is 6.54 Å². The molecule has 0 radical (unpaired) electrons. The number of carbonyl (C=O) groups excluding carboxylic acids is 1. The van der Waals surface area contributed by atoms with Gasteiger partial charge in [0.1, 0.15) is 0 Å². The summed E-state index contributed by atoms with van der Waals surface area (Å²) in [5.74, 6) is -0.282. The van der Waals surface area contributed by atoms with Crippen molar-refractivity contribution in [3.05, 3.63) is 106 Å². The van der Waals surface area contributed by atoms with Gasteiger partial charge < -0.3 is 9.88 Å². The first-order chi connectivity index (χ1) is 13.6. The Morgan fingerprint density at radius 2 is 1.68 bits per heavy atom. The molecule has 2 heterocycles. The van der Waals surface area contributed by atoms with Crippen molar-refractivity contribution in [1.29, 1.82) is 0 Å². The SMILES string of the molecule is Cc1nc2ccn(Cc3ccccc3)c(=O)c2cc1C(=O)Nc1ccccc1. The van der Waals surface area contributed by atoms with Gasteiger partial charge in [-0.3, -0.25) is 14.6 Å². The first kappa shape index (κ1) is 17.7. The van der Waals surface area contributed by atoms with Crippen LogP contribution in [0.15, 0.2) is 83.8 Å². The van der Waals surface area contributed by atoms with Gasteiger partial charge in [0.15, 0.2) is 0 Å². The highest BCUT2D eigenvalue weighted by Gasteiger charge is 2.14. The number of aromatic nitrogens is 2. The predicted octanol–water partition coefficient (Wildman–Crippen LogP) is 4.01. The quantitative estimate of drug-likeness (QED) is 0.591. The highest BCUT2D eigenvalue weighted by molar-refractivity contribution is 6.06. The van der Waals surface area contributed by atoms with Gasteiger partial charge in [-0.05, 0) is 36.8 Å². The molecule has 2 aromatic heterocycles. The van der Waals surface area contributed by atoms with Crippen molar-refractivity contribution in [3.63, 3.8) is 0 Å². The minimum atomic E-state index is -0.282. The molecule has 1 amide bonds. The van der Waals surface area contributed by atoms with Crippen molar-refractivity contribution in [3.8, 4) is 0 Å². The minimum absolute atomic E-state index is 0.164. The van der Waals surface area contributed by atoms with E-state index in [-0.39, 0.29) is 11.5 Å². The van der Waals surface area contributed by atoms with Crippen molar-refractivity contribution in [2.45, 2.75) is 13.5 Å². The number of carbonyl (C=O) groups is 1. The molecule has 1 N–H and O–H groups in total. The van der Waals surface area contributed by atoms with Gasteiger partial charge >= 0.3 is 0 Å². The van der Waals surface area contributed by atoms with E-state index in [1.165, 1.54) is 0 Å². The second-order valence-corrected chi connectivity index (χ2v) is 6.61. The van der Waals surface area contributed by atoms with Crippen molar-refractivity contribution >= 4 is 22.5 Å². The Kier molecular flexibility index (Phi) is 4.72. The maximum absolute atomic E-state index is 13.0. The second-order valence-electron chi connectivity index (χ2n) is 6.61. The van der Waals surface area contributed by atoms with Gasteiger partial charge in [-0.25, -0.2) is 0 Å². The third-order valence-corrected chi connectivity index (χ3v) is 4.62. The van der Waals surface area contributed by atoms with Gasteiger partial charge in [0.2, 0.25) is 0 Å². The lowest BCUT2D eigenvalue weighted by Crippen LogP contribution is -2.22. The number of amides is 1. The van der Waals surface area contributed by atoms with Crippen LogP contribution in [-0.4, -0.2) is 15.5 Å². The van der Waals surface area contributed by atoms with E-state index in [9.17, 15) is 9.59 Å². The summed E-state index contributed by atoms with van der Waals surface area (Å²) in [6.07, 6.45) is 1.74. The summed E-state index contributed by atoms with van der Waals surface area (Å²) < 4.78 is 1.63. The number of nitrogens with one attached hydrogen (secondary N) is 1. The molecule has 0 spiro atoms. The highest BCUT2D eigenvalue weighted by atomic mass is 16.1. The molecule has 0 aliphatic heterocycles. The Balaban J connectivity index is 1.72. The lowest BCUT2D eigenvalue weighted by atomic mass is 10.1. The summed E-state index contributed by atoms with van der Waals surface area (Å²) in [7, 11) is 0. The van der Waals surface area contributed by atoms with Crippen LogP contribution >= 0.6 is 0 Å². The monoisotopic (exact) mass is 369 g/mol. The predicted molar refractivity (Wildman–Crippen MR) is 111 cm³/mol. The number of aryl methyl sites for hydroxylation is 1. The van der Waals surface area contributed by atoms with E-state index in [0.29, 0.717) is 34.4 Å². The van der Waals surface area contributed by atoms with Gasteiger partial charge in [-0.1, -0.05) is 48.5 Å². The Morgan fingerprint density at radius 3 is 2.39 bits per heavy atom. The van der Waals surface area contributed by atoms with Crippen molar-refractivity contribution in [2.75, 3.05) is 5.32 Å². The van der Waals surface area contributed by atoms with Crippen molar-refractivity contribution in [1.82, 2.24) is 9.55 Å². The summed E-state index contributed by atoms with van der Waals surface area (Å²) >= 11 is 0. The van der Waals surface area contributed by atoms with Crippen LogP contribution in [0, 0.1) is 6.92 Å². The Labute approximate surface area is 162 Å². The molecule has 0 atom stereocenters. The normalized spacial score (nSPS) is 10.8. The lowest BCUT2D eigenvalue weighted by Gasteiger charge is -2.11. The van der Waals surface area contributed by atoms with Crippen molar-refractivity contribution < 1.29 is 4.79 Å². The number of para-hydroxylation sites is 1. The molecule has 5 heteroatoms. The molecule has 5 nitrogen and oxygen atoms in total. The average molecular weight is 369 g/mol. The molecular weight excluding hydrogens is 350 g/mol. The minimum Gasteiger partial charge on any atom is -0.322 e. The molecule has 0 aliphatic rings. The second kappa shape index (κ2) is 7.48. The highest BCUT2D eigenvalue weighted by Crippen LogP contribution is 2.16. The molecule has 4 aromatic rings. The molecule has 0 aliphatic carbocycles. The van der Waals surface area contributed by atoms with Crippen LogP contribution in [0.1, 0.15) is 21.6 Å².